The van der Waals surface area contributed by atoms with E-state index in [1.54, 1.807) is 0 Å². The summed E-state index contributed by atoms with van der Waals surface area (Å²) in [5.41, 5.74) is 0.393. The van der Waals surface area contributed by atoms with E-state index in [4.69, 9.17) is 4.74 Å². The Hall–Kier alpha value is -1.99. The summed E-state index contributed by atoms with van der Waals surface area (Å²) in [5, 5.41) is 0. The first-order valence-electron chi connectivity index (χ1n) is 5.14. The fourth-order valence-corrected chi connectivity index (χ4v) is 1.47. The zero-order chi connectivity index (χ0) is 14.6. The number of hydrogen-bond donors (Lipinski definition) is 0. The van der Waals surface area contributed by atoms with Gasteiger partial charge in [0.15, 0.2) is 0 Å². The Morgan fingerprint density at radius 1 is 1.37 bits per heavy atom. The van der Waals surface area contributed by atoms with Crippen molar-refractivity contribution in [2.75, 3.05) is 14.2 Å². The van der Waals surface area contributed by atoms with Crippen LogP contribution in [0.3, 0.4) is 0 Å². The van der Waals surface area contributed by atoms with Crippen molar-refractivity contribution in [1.82, 2.24) is 4.98 Å². The van der Waals surface area contributed by atoms with Gasteiger partial charge in [-0.1, -0.05) is 0 Å². The fraction of sp³-hybridized carbons (Fsp3) is 0.455. The number of rotatable bonds is 4. The van der Waals surface area contributed by atoms with Crippen LogP contribution in [0.2, 0.25) is 0 Å². The number of aryl methyl sites for hydroxylation is 1. The summed E-state index contributed by atoms with van der Waals surface area (Å²) in [7, 11) is 2.49. The molecular weight excluding hydrogens is 267 g/mol. The maximum atomic E-state index is 12.1. The standard InChI is InChI=1S/C11H12F3NO4/c1-6-4-8(19-11(12,13)14)15-7(10(6)18-3)5-9(16)17-2/h4H,5H2,1-3H3. The van der Waals surface area contributed by atoms with Crippen LogP contribution in [0.25, 0.3) is 0 Å². The van der Waals surface area contributed by atoms with Crippen molar-refractivity contribution in [2.45, 2.75) is 19.7 Å². The molecule has 0 amide bonds. The molecule has 1 rings (SSSR count). The van der Waals surface area contributed by atoms with E-state index in [9.17, 15) is 18.0 Å². The molecule has 0 aliphatic carbocycles. The van der Waals surface area contributed by atoms with Gasteiger partial charge >= 0.3 is 12.3 Å². The Bertz CT molecular complexity index is 474. The van der Waals surface area contributed by atoms with Gasteiger partial charge in [-0.05, 0) is 12.5 Å². The minimum Gasteiger partial charge on any atom is -0.495 e. The molecule has 0 saturated carbocycles. The molecule has 0 unspecified atom stereocenters. The van der Waals surface area contributed by atoms with E-state index in [-0.39, 0.29) is 17.9 Å². The number of esters is 1. The molecule has 0 radical (unpaired) electrons. The van der Waals surface area contributed by atoms with Crippen LogP contribution in [0.1, 0.15) is 11.3 Å². The molecule has 0 aliphatic heterocycles. The van der Waals surface area contributed by atoms with E-state index in [1.165, 1.54) is 14.0 Å². The number of ether oxygens (including phenoxy) is 3. The van der Waals surface area contributed by atoms with Crippen molar-refractivity contribution >= 4 is 5.97 Å². The number of hydrogen-bond acceptors (Lipinski definition) is 5. The Morgan fingerprint density at radius 2 is 2.00 bits per heavy atom. The van der Waals surface area contributed by atoms with Crippen LogP contribution in [0.5, 0.6) is 11.6 Å². The summed E-state index contributed by atoms with van der Waals surface area (Å²) in [5.74, 6) is -1.07. The van der Waals surface area contributed by atoms with Gasteiger partial charge in [-0.3, -0.25) is 4.79 Å². The molecule has 1 aromatic rings. The first-order chi connectivity index (χ1) is 8.76. The number of methoxy groups -OCH3 is 2. The quantitative estimate of drug-likeness (QED) is 0.789. The summed E-state index contributed by atoms with van der Waals surface area (Å²) in [4.78, 5) is 14.8. The highest BCUT2D eigenvalue weighted by Gasteiger charge is 2.32. The van der Waals surface area contributed by atoms with Crippen molar-refractivity contribution in [3.8, 4) is 11.6 Å². The summed E-state index contributed by atoms with van der Waals surface area (Å²) in [6, 6.07) is 1.08. The minimum atomic E-state index is -4.85. The van der Waals surface area contributed by atoms with Gasteiger partial charge in [0.1, 0.15) is 5.75 Å². The number of alkyl halides is 3. The second kappa shape index (κ2) is 5.77. The van der Waals surface area contributed by atoms with E-state index in [2.05, 4.69) is 14.5 Å². The third-order valence-corrected chi connectivity index (χ3v) is 2.17. The Kier molecular flexibility index (Phi) is 4.57. The molecule has 0 atom stereocenters. The molecule has 0 spiro atoms. The molecule has 0 saturated heterocycles. The summed E-state index contributed by atoms with van der Waals surface area (Å²) in [6.07, 6.45) is -5.16. The molecule has 1 heterocycles. The third-order valence-electron chi connectivity index (χ3n) is 2.17. The molecule has 8 heteroatoms. The average Bonchev–Trinajstić information content (AvgIpc) is 2.26. The lowest BCUT2D eigenvalue weighted by Gasteiger charge is -2.13. The molecule has 1 aromatic heterocycles. The summed E-state index contributed by atoms with van der Waals surface area (Å²) >= 11 is 0. The molecule has 19 heavy (non-hydrogen) atoms. The van der Waals surface area contributed by atoms with E-state index in [0.717, 1.165) is 13.2 Å². The minimum absolute atomic E-state index is 0.0219. The molecule has 0 fully saturated rings. The maximum absolute atomic E-state index is 12.1. The van der Waals surface area contributed by atoms with E-state index < -0.39 is 18.2 Å². The summed E-state index contributed by atoms with van der Waals surface area (Å²) < 4.78 is 49.5. The molecule has 0 bridgehead atoms. The Morgan fingerprint density at radius 3 is 2.47 bits per heavy atom. The van der Waals surface area contributed by atoms with Crippen molar-refractivity contribution in [3.63, 3.8) is 0 Å². The van der Waals surface area contributed by atoms with Crippen LogP contribution in [0.15, 0.2) is 6.07 Å². The topological polar surface area (TPSA) is 57.7 Å². The number of carbonyl (C=O) groups excluding carboxylic acids is 1. The number of aromatic nitrogens is 1. The monoisotopic (exact) mass is 279 g/mol. The highest BCUT2D eigenvalue weighted by atomic mass is 19.4. The molecule has 5 nitrogen and oxygen atoms in total. The Balaban J connectivity index is 3.14. The number of nitrogens with zero attached hydrogens (tertiary/aromatic N) is 1. The molecule has 0 N–H and O–H groups in total. The van der Waals surface area contributed by atoms with Crippen LogP contribution >= 0.6 is 0 Å². The van der Waals surface area contributed by atoms with Crippen LogP contribution < -0.4 is 9.47 Å². The SMILES string of the molecule is COC(=O)Cc1nc(OC(F)(F)F)cc(C)c1OC. The second-order valence-electron chi connectivity index (χ2n) is 3.56. The van der Waals surface area contributed by atoms with Crippen molar-refractivity contribution in [2.24, 2.45) is 0 Å². The zero-order valence-electron chi connectivity index (χ0n) is 10.5. The van der Waals surface area contributed by atoms with Crippen LogP contribution in [-0.4, -0.2) is 31.5 Å². The lowest BCUT2D eigenvalue weighted by atomic mass is 10.2. The first kappa shape index (κ1) is 15.1. The highest BCUT2D eigenvalue weighted by Crippen LogP contribution is 2.29. The van der Waals surface area contributed by atoms with Gasteiger partial charge in [0.05, 0.1) is 26.3 Å². The van der Waals surface area contributed by atoms with E-state index >= 15 is 0 Å². The maximum Gasteiger partial charge on any atom is 0.574 e. The number of carbonyl (C=O) groups is 1. The Labute approximate surface area is 107 Å². The van der Waals surface area contributed by atoms with E-state index in [1.807, 2.05) is 0 Å². The molecule has 0 aromatic carbocycles. The van der Waals surface area contributed by atoms with Gasteiger partial charge in [-0.15, -0.1) is 13.2 Å². The molecule has 106 valence electrons. The van der Waals surface area contributed by atoms with Crippen LogP contribution in [0.4, 0.5) is 13.2 Å². The third kappa shape index (κ3) is 4.31. The van der Waals surface area contributed by atoms with Crippen molar-refractivity contribution < 1.29 is 32.2 Å². The lowest BCUT2D eigenvalue weighted by Crippen LogP contribution is -2.19. The predicted octanol–water partition coefficient (Wildman–Crippen LogP) is 2.01. The average molecular weight is 279 g/mol. The normalized spacial score (nSPS) is 11.1. The number of halogens is 3. The summed E-state index contributed by atoms with van der Waals surface area (Å²) in [6.45, 7) is 1.52. The van der Waals surface area contributed by atoms with Gasteiger partial charge in [-0.2, -0.15) is 0 Å². The lowest BCUT2D eigenvalue weighted by molar-refractivity contribution is -0.276. The van der Waals surface area contributed by atoms with Crippen molar-refractivity contribution in [3.05, 3.63) is 17.3 Å². The van der Waals surface area contributed by atoms with E-state index in [0.29, 0.717) is 5.56 Å². The van der Waals surface area contributed by atoms with Crippen LogP contribution in [0, 0.1) is 6.92 Å². The highest BCUT2D eigenvalue weighted by molar-refractivity contribution is 5.73. The first-order valence-corrected chi connectivity index (χ1v) is 5.14. The fourth-order valence-electron chi connectivity index (χ4n) is 1.47. The van der Waals surface area contributed by atoms with Crippen LogP contribution in [-0.2, 0) is 16.0 Å². The smallest absolute Gasteiger partial charge is 0.495 e. The van der Waals surface area contributed by atoms with Crippen molar-refractivity contribution in [1.29, 1.82) is 0 Å². The van der Waals surface area contributed by atoms with Gasteiger partial charge < -0.3 is 14.2 Å². The predicted molar refractivity (Wildman–Crippen MR) is 57.9 cm³/mol. The molecule has 0 aliphatic rings. The zero-order valence-corrected chi connectivity index (χ0v) is 10.5. The van der Waals surface area contributed by atoms with Gasteiger partial charge in [-0.25, -0.2) is 4.98 Å². The van der Waals surface area contributed by atoms with Gasteiger partial charge in [0.2, 0.25) is 5.88 Å². The largest absolute Gasteiger partial charge is 0.574 e. The van der Waals surface area contributed by atoms with Gasteiger partial charge in [0, 0.05) is 6.07 Å². The second-order valence-corrected chi connectivity index (χ2v) is 3.56. The molecular formula is C11H12F3NO4. The van der Waals surface area contributed by atoms with Gasteiger partial charge in [0.25, 0.3) is 0 Å². The number of pyridine rings is 1.